The number of thiocarbonyl (C=S) groups is 1. The van der Waals surface area contributed by atoms with Gasteiger partial charge in [0.2, 0.25) is 0 Å². The van der Waals surface area contributed by atoms with E-state index in [4.69, 9.17) is 0 Å². The van der Waals surface area contributed by atoms with Gasteiger partial charge in [0.15, 0.2) is 0 Å². The highest BCUT2D eigenvalue weighted by atomic mass is 32.1. The predicted octanol–water partition coefficient (Wildman–Crippen LogP) is 2.70. The van der Waals surface area contributed by atoms with Gasteiger partial charge in [0.25, 0.3) is 0 Å². The number of nitrogens with zero attached hydrogens (tertiary/aromatic N) is 2. The molecule has 0 spiro atoms. The van der Waals surface area contributed by atoms with Gasteiger partial charge >= 0.3 is 5.17 Å². The van der Waals surface area contributed by atoms with Gasteiger partial charge in [0.1, 0.15) is 0 Å². The van der Waals surface area contributed by atoms with E-state index >= 15 is 0 Å². The molecule has 1 aromatic rings. The summed E-state index contributed by atoms with van der Waals surface area (Å²) in [4.78, 5) is 0. The molecule has 3 nitrogen and oxygen atoms in total. The van der Waals surface area contributed by atoms with Crippen LogP contribution < -0.4 is 0 Å². The largest absolute Gasteiger partial charge is 0.472 e. The topological polar surface area (TPSA) is 34.0 Å². The Morgan fingerprint density at radius 2 is 2.00 bits per heavy atom. The molecule has 0 N–H and O–H groups in total. The smallest absolute Gasteiger partial charge is 0.302 e. The average Bonchev–Trinajstić information content (AvgIpc) is 2.16. The van der Waals surface area contributed by atoms with E-state index in [1.807, 2.05) is 30.3 Å². The van der Waals surface area contributed by atoms with Crippen LogP contribution in [0.2, 0.25) is 0 Å². The van der Waals surface area contributed by atoms with Crippen molar-refractivity contribution in [3.8, 4) is 0 Å². The summed E-state index contributed by atoms with van der Waals surface area (Å²) in [7, 11) is 1.46. The molecule has 0 aromatic heterocycles. The molecule has 0 unspecified atom stereocenters. The van der Waals surface area contributed by atoms with Crippen LogP contribution in [0.4, 0.5) is 5.69 Å². The highest BCUT2D eigenvalue weighted by Gasteiger charge is 1.88. The molecule has 0 amide bonds. The molecule has 0 aliphatic rings. The standard InChI is InChI=1S/C8H8N2OS/c1-11-8(12)10-9-7-5-3-2-4-6-7/h2-6H,1H3. The summed E-state index contributed by atoms with van der Waals surface area (Å²) >= 11 is 4.67. The van der Waals surface area contributed by atoms with Gasteiger partial charge < -0.3 is 4.74 Å². The lowest BCUT2D eigenvalue weighted by Gasteiger charge is -1.91. The zero-order valence-electron chi connectivity index (χ0n) is 6.60. The first-order valence-electron chi connectivity index (χ1n) is 3.37. The van der Waals surface area contributed by atoms with Crippen molar-refractivity contribution in [3.63, 3.8) is 0 Å². The van der Waals surface area contributed by atoms with Crippen LogP contribution >= 0.6 is 12.2 Å². The van der Waals surface area contributed by atoms with E-state index in [-0.39, 0.29) is 5.17 Å². The maximum absolute atomic E-state index is 4.67. The minimum Gasteiger partial charge on any atom is -0.472 e. The van der Waals surface area contributed by atoms with Crippen molar-refractivity contribution in [2.45, 2.75) is 0 Å². The fraction of sp³-hybridized carbons (Fsp3) is 0.125. The highest BCUT2D eigenvalue weighted by Crippen LogP contribution is 2.09. The predicted molar refractivity (Wildman–Crippen MR) is 50.6 cm³/mol. The molecule has 0 aliphatic carbocycles. The molecule has 0 atom stereocenters. The third kappa shape index (κ3) is 2.75. The van der Waals surface area contributed by atoms with Crippen LogP contribution in [0.5, 0.6) is 0 Å². The molecule has 0 radical (unpaired) electrons. The SMILES string of the molecule is COC(=S)N=Nc1ccccc1. The molecule has 12 heavy (non-hydrogen) atoms. The second kappa shape index (κ2) is 4.56. The first-order chi connectivity index (χ1) is 5.83. The monoisotopic (exact) mass is 180 g/mol. The van der Waals surface area contributed by atoms with Crippen molar-refractivity contribution in [3.05, 3.63) is 30.3 Å². The Bertz CT molecular complexity index is 284. The van der Waals surface area contributed by atoms with Gasteiger partial charge in [0, 0.05) is 0 Å². The molecule has 62 valence electrons. The molecular weight excluding hydrogens is 172 g/mol. The van der Waals surface area contributed by atoms with Crippen LogP contribution in [0.25, 0.3) is 0 Å². The Morgan fingerprint density at radius 3 is 2.58 bits per heavy atom. The van der Waals surface area contributed by atoms with Crippen molar-refractivity contribution >= 4 is 23.1 Å². The Morgan fingerprint density at radius 1 is 1.33 bits per heavy atom. The zero-order valence-corrected chi connectivity index (χ0v) is 7.41. The summed E-state index contributed by atoms with van der Waals surface area (Å²) in [5.74, 6) is 0. The molecule has 0 heterocycles. The van der Waals surface area contributed by atoms with Crippen LogP contribution in [0.3, 0.4) is 0 Å². The molecule has 0 fully saturated rings. The summed E-state index contributed by atoms with van der Waals surface area (Å²) in [5, 5.41) is 7.62. The quantitative estimate of drug-likeness (QED) is 0.492. The van der Waals surface area contributed by atoms with Crippen molar-refractivity contribution in [2.24, 2.45) is 10.2 Å². The van der Waals surface area contributed by atoms with Crippen molar-refractivity contribution < 1.29 is 4.74 Å². The van der Waals surface area contributed by atoms with Crippen LogP contribution in [-0.4, -0.2) is 12.3 Å². The molecule has 0 bridgehead atoms. The van der Waals surface area contributed by atoms with Gasteiger partial charge in [-0.2, -0.15) is 0 Å². The van der Waals surface area contributed by atoms with Gasteiger partial charge in [-0.3, -0.25) is 0 Å². The normalized spacial score (nSPS) is 10.1. The van der Waals surface area contributed by atoms with Crippen LogP contribution in [0.1, 0.15) is 0 Å². The Labute approximate surface area is 76.1 Å². The van der Waals surface area contributed by atoms with E-state index in [9.17, 15) is 0 Å². The first-order valence-corrected chi connectivity index (χ1v) is 3.78. The number of hydrogen-bond donors (Lipinski definition) is 0. The van der Waals surface area contributed by atoms with Gasteiger partial charge in [-0.1, -0.05) is 23.3 Å². The van der Waals surface area contributed by atoms with Gasteiger partial charge in [-0.05, 0) is 24.4 Å². The second-order valence-electron chi connectivity index (χ2n) is 2.01. The number of rotatable bonds is 1. The number of hydrogen-bond acceptors (Lipinski definition) is 3. The number of benzene rings is 1. The van der Waals surface area contributed by atoms with E-state index in [2.05, 4.69) is 27.2 Å². The van der Waals surface area contributed by atoms with E-state index in [0.717, 1.165) is 5.69 Å². The highest BCUT2D eigenvalue weighted by molar-refractivity contribution is 7.80. The maximum atomic E-state index is 4.67. The molecule has 0 saturated heterocycles. The lowest BCUT2D eigenvalue weighted by Crippen LogP contribution is -1.88. The fourth-order valence-electron chi connectivity index (χ4n) is 0.634. The number of ether oxygens (including phenoxy) is 1. The fourth-order valence-corrected chi connectivity index (χ4v) is 0.675. The summed E-state index contributed by atoms with van der Waals surface area (Å²) in [6.45, 7) is 0. The first kappa shape index (κ1) is 8.80. The lowest BCUT2D eigenvalue weighted by molar-refractivity contribution is 0.406. The van der Waals surface area contributed by atoms with Crippen molar-refractivity contribution in [1.29, 1.82) is 0 Å². The summed E-state index contributed by atoms with van der Waals surface area (Å²) in [6, 6.07) is 9.34. The minimum absolute atomic E-state index is 0.138. The van der Waals surface area contributed by atoms with Crippen LogP contribution in [0.15, 0.2) is 40.6 Å². The second-order valence-corrected chi connectivity index (χ2v) is 2.35. The van der Waals surface area contributed by atoms with E-state index in [1.54, 1.807) is 0 Å². The van der Waals surface area contributed by atoms with Gasteiger partial charge in [-0.15, -0.1) is 5.11 Å². The molecule has 1 aromatic carbocycles. The van der Waals surface area contributed by atoms with E-state index in [1.165, 1.54) is 7.11 Å². The summed E-state index contributed by atoms with van der Waals surface area (Å²) < 4.78 is 4.64. The third-order valence-corrected chi connectivity index (χ3v) is 1.43. The molecule has 0 saturated carbocycles. The Kier molecular flexibility index (Phi) is 3.35. The zero-order chi connectivity index (χ0) is 8.81. The molecular formula is C8H8N2OS. The summed E-state index contributed by atoms with van der Waals surface area (Å²) in [5.41, 5.74) is 0.761. The van der Waals surface area contributed by atoms with E-state index in [0.29, 0.717) is 0 Å². The number of azo groups is 1. The minimum atomic E-state index is 0.138. The van der Waals surface area contributed by atoms with Crippen LogP contribution in [-0.2, 0) is 4.74 Å². The third-order valence-electron chi connectivity index (χ3n) is 1.18. The Balaban J connectivity index is 2.64. The number of methoxy groups -OCH3 is 1. The maximum Gasteiger partial charge on any atom is 0.302 e. The lowest BCUT2D eigenvalue weighted by atomic mass is 10.3. The van der Waals surface area contributed by atoms with Crippen LogP contribution in [0, 0.1) is 0 Å². The average molecular weight is 180 g/mol. The van der Waals surface area contributed by atoms with Crippen molar-refractivity contribution in [2.75, 3.05) is 7.11 Å². The molecule has 4 heteroatoms. The van der Waals surface area contributed by atoms with Gasteiger partial charge in [0.05, 0.1) is 12.8 Å². The molecule has 1 rings (SSSR count). The summed E-state index contributed by atoms with van der Waals surface area (Å²) in [6.07, 6.45) is 0. The van der Waals surface area contributed by atoms with E-state index < -0.39 is 0 Å². The van der Waals surface area contributed by atoms with Crippen molar-refractivity contribution in [1.82, 2.24) is 0 Å². The van der Waals surface area contributed by atoms with Gasteiger partial charge in [-0.25, -0.2) is 0 Å². The molecule has 0 aliphatic heterocycles. The Hall–Kier alpha value is -1.29.